The van der Waals surface area contributed by atoms with Gasteiger partial charge in [-0.15, -0.1) is 0 Å². The zero-order valence-electron chi connectivity index (χ0n) is 11.7. The molecular weight excluding hydrogens is 234 g/mol. The van der Waals surface area contributed by atoms with E-state index < -0.39 is 0 Å². The minimum atomic E-state index is 0.106. The van der Waals surface area contributed by atoms with Crippen molar-refractivity contribution >= 4 is 11.6 Å². The lowest BCUT2D eigenvalue weighted by Crippen LogP contribution is -2.27. The third kappa shape index (κ3) is 3.22. The number of benzene rings is 2. The van der Waals surface area contributed by atoms with E-state index in [9.17, 15) is 4.79 Å². The first-order valence-electron chi connectivity index (χ1n) is 6.45. The Morgan fingerprint density at radius 3 is 2.32 bits per heavy atom. The summed E-state index contributed by atoms with van der Waals surface area (Å²) in [5.74, 6) is 0.106. The molecule has 0 atom stereocenters. The van der Waals surface area contributed by atoms with Crippen molar-refractivity contribution in [1.82, 2.24) is 0 Å². The Balaban J connectivity index is 2.12. The SMILES string of the molecule is Cc1ccc(N(C)C(=O)Cc2ccccc2)cc1C. The molecule has 0 aliphatic rings. The summed E-state index contributed by atoms with van der Waals surface area (Å²) >= 11 is 0. The van der Waals surface area contributed by atoms with Crippen molar-refractivity contribution in [3.63, 3.8) is 0 Å². The number of aryl methyl sites for hydroxylation is 2. The van der Waals surface area contributed by atoms with Gasteiger partial charge in [0.05, 0.1) is 6.42 Å². The van der Waals surface area contributed by atoms with Crippen molar-refractivity contribution < 1.29 is 4.79 Å². The highest BCUT2D eigenvalue weighted by Crippen LogP contribution is 2.18. The zero-order chi connectivity index (χ0) is 13.8. The number of nitrogens with zero attached hydrogens (tertiary/aromatic N) is 1. The summed E-state index contributed by atoms with van der Waals surface area (Å²) in [5.41, 5.74) is 4.44. The number of amides is 1. The van der Waals surface area contributed by atoms with Crippen LogP contribution in [0.3, 0.4) is 0 Å². The van der Waals surface area contributed by atoms with Crippen LogP contribution in [0.2, 0.25) is 0 Å². The molecule has 2 aromatic carbocycles. The molecule has 0 heterocycles. The van der Waals surface area contributed by atoms with Gasteiger partial charge in [0.2, 0.25) is 5.91 Å². The van der Waals surface area contributed by atoms with Crippen molar-refractivity contribution in [1.29, 1.82) is 0 Å². The second kappa shape index (κ2) is 5.70. The quantitative estimate of drug-likeness (QED) is 0.819. The van der Waals surface area contributed by atoms with Gasteiger partial charge >= 0.3 is 0 Å². The van der Waals surface area contributed by atoms with Crippen molar-refractivity contribution in [3.05, 3.63) is 65.2 Å². The molecule has 2 nitrogen and oxygen atoms in total. The molecule has 0 bridgehead atoms. The van der Waals surface area contributed by atoms with E-state index >= 15 is 0 Å². The molecular formula is C17H19NO. The highest BCUT2D eigenvalue weighted by molar-refractivity contribution is 5.94. The molecule has 0 fully saturated rings. The van der Waals surface area contributed by atoms with Crippen molar-refractivity contribution in [2.24, 2.45) is 0 Å². The van der Waals surface area contributed by atoms with Crippen LogP contribution in [0.15, 0.2) is 48.5 Å². The standard InChI is InChI=1S/C17H19NO/c1-13-9-10-16(11-14(13)2)18(3)17(19)12-15-7-5-4-6-8-15/h4-11H,12H2,1-3H3. The van der Waals surface area contributed by atoms with Gasteiger partial charge < -0.3 is 4.90 Å². The zero-order valence-corrected chi connectivity index (χ0v) is 11.7. The molecule has 0 N–H and O–H groups in total. The number of hydrogen-bond donors (Lipinski definition) is 0. The molecule has 0 spiro atoms. The third-order valence-corrected chi connectivity index (χ3v) is 3.45. The molecule has 2 heteroatoms. The Kier molecular flexibility index (Phi) is 4.00. The largest absolute Gasteiger partial charge is 0.315 e. The minimum Gasteiger partial charge on any atom is -0.315 e. The lowest BCUT2D eigenvalue weighted by atomic mass is 10.1. The molecule has 2 aromatic rings. The first-order chi connectivity index (χ1) is 9.08. The molecule has 1 amide bonds. The molecule has 98 valence electrons. The lowest BCUT2D eigenvalue weighted by molar-refractivity contribution is -0.117. The van der Waals surface area contributed by atoms with E-state index in [0.29, 0.717) is 6.42 Å². The number of carbonyl (C=O) groups is 1. The molecule has 0 aromatic heterocycles. The average molecular weight is 253 g/mol. The molecule has 0 aliphatic heterocycles. The fraction of sp³-hybridized carbons (Fsp3) is 0.235. The monoisotopic (exact) mass is 253 g/mol. The Bertz CT molecular complexity index is 575. The number of likely N-dealkylation sites (N-methyl/N-ethyl adjacent to an activating group) is 1. The van der Waals surface area contributed by atoms with Crippen LogP contribution in [0.25, 0.3) is 0 Å². The van der Waals surface area contributed by atoms with Crippen molar-refractivity contribution in [2.45, 2.75) is 20.3 Å². The number of carbonyl (C=O) groups excluding carboxylic acids is 1. The molecule has 2 rings (SSSR count). The molecule has 0 saturated heterocycles. The van der Waals surface area contributed by atoms with Gasteiger partial charge in [-0.05, 0) is 42.7 Å². The van der Waals surface area contributed by atoms with Gasteiger partial charge in [0, 0.05) is 12.7 Å². The van der Waals surface area contributed by atoms with Gasteiger partial charge in [-0.3, -0.25) is 4.79 Å². The van der Waals surface area contributed by atoms with Gasteiger partial charge in [-0.25, -0.2) is 0 Å². The third-order valence-electron chi connectivity index (χ3n) is 3.45. The van der Waals surface area contributed by atoms with Gasteiger partial charge in [0.25, 0.3) is 0 Å². The first-order valence-corrected chi connectivity index (χ1v) is 6.45. The van der Waals surface area contributed by atoms with Gasteiger partial charge in [0.15, 0.2) is 0 Å². The Morgan fingerprint density at radius 2 is 1.68 bits per heavy atom. The van der Waals surface area contributed by atoms with Crippen molar-refractivity contribution in [2.75, 3.05) is 11.9 Å². The summed E-state index contributed by atoms with van der Waals surface area (Å²) in [6.45, 7) is 4.14. The Morgan fingerprint density at radius 1 is 1.00 bits per heavy atom. The molecule has 0 aliphatic carbocycles. The van der Waals surface area contributed by atoms with Crippen LogP contribution in [0, 0.1) is 13.8 Å². The van der Waals surface area contributed by atoms with Crippen LogP contribution in [0.1, 0.15) is 16.7 Å². The second-order valence-electron chi connectivity index (χ2n) is 4.88. The first kappa shape index (κ1) is 13.3. The van der Waals surface area contributed by atoms with Crippen LogP contribution in [0.4, 0.5) is 5.69 Å². The van der Waals surface area contributed by atoms with E-state index in [4.69, 9.17) is 0 Å². The molecule has 0 saturated carbocycles. The summed E-state index contributed by atoms with van der Waals surface area (Å²) in [6.07, 6.45) is 0.435. The van der Waals surface area contributed by atoms with E-state index in [-0.39, 0.29) is 5.91 Å². The fourth-order valence-electron chi connectivity index (χ4n) is 1.97. The topological polar surface area (TPSA) is 20.3 Å². The van der Waals surface area contributed by atoms with Gasteiger partial charge in [-0.1, -0.05) is 36.4 Å². The van der Waals surface area contributed by atoms with Gasteiger partial charge in [0.1, 0.15) is 0 Å². The summed E-state index contributed by atoms with van der Waals surface area (Å²) in [4.78, 5) is 14.0. The van der Waals surface area contributed by atoms with E-state index in [0.717, 1.165) is 11.3 Å². The molecule has 0 radical (unpaired) electrons. The maximum absolute atomic E-state index is 12.2. The van der Waals surface area contributed by atoms with E-state index in [1.165, 1.54) is 11.1 Å². The second-order valence-corrected chi connectivity index (χ2v) is 4.88. The van der Waals surface area contributed by atoms with Crippen LogP contribution in [-0.2, 0) is 11.2 Å². The maximum Gasteiger partial charge on any atom is 0.231 e. The fourth-order valence-corrected chi connectivity index (χ4v) is 1.97. The Labute approximate surface area is 114 Å². The predicted molar refractivity (Wildman–Crippen MR) is 79.5 cm³/mol. The van der Waals surface area contributed by atoms with Crippen molar-refractivity contribution in [3.8, 4) is 0 Å². The van der Waals surface area contributed by atoms with Crippen LogP contribution < -0.4 is 4.90 Å². The molecule has 19 heavy (non-hydrogen) atoms. The van der Waals surface area contributed by atoms with Crippen LogP contribution in [0.5, 0.6) is 0 Å². The Hall–Kier alpha value is -2.09. The van der Waals surface area contributed by atoms with E-state index in [1.807, 2.05) is 43.4 Å². The summed E-state index contributed by atoms with van der Waals surface area (Å²) < 4.78 is 0. The average Bonchev–Trinajstić information content (AvgIpc) is 2.42. The normalized spacial score (nSPS) is 10.3. The summed E-state index contributed by atoms with van der Waals surface area (Å²) in [6, 6.07) is 15.9. The van der Waals surface area contributed by atoms with E-state index in [2.05, 4.69) is 26.0 Å². The number of anilines is 1. The smallest absolute Gasteiger partial charge is 0.231 e. The van der Waals surface area contributed by atoms with E-state index in [1.54, 1.807) is 4.90 Å². The number of rotatable bonds is 3. The molecule has 0 unspecified atom stereocenters. The maximum atomic E-state index is 12.2. The van der Waals surface area contributed by atoms with Crippen LogP contribution in [-0.4, -0.2) is 13.0 Å². The predicted octanol–water partition coefficient (Wildman–Crippen LogP) is 3.51. The highest BCUT2D eigenvalue weighted by Gasteiger charge is 2.11. The lowest BCUT2D eigenvalue weighted by Gasteiger charge is -2.18. The summed E-state index contributed by atoms with van der Waals surface area (Å²) in [5, 5.41) is 0. The van der Waals surface area contributed by atoms with Crippen LogP contribution >= 0.6 is 0 Å². The minimum absolute atomic E-state index is 0.106. The summed E-state index contributed by atoms with van der Waals surface area (Å²) in [7, 11) is 1.83. The number of hydrogen-bond acceptors (Lipinski definition) is 1. The van der Waals surface area contributed by atoms with Gasteiger partial charge in [-0.2, -0.15) is 0 Å². The highest BCUT2D eigenvalue weighted by atomic mass is 16.2.